The molecule has 2 heterocycles. The van der Waals surface area contributed by atoms with E-state index in [4.69, 9.17) is 10.5 Å². The van der Waals surface area contributed by atoms with Crippen LogP contribution in [-0.4, -0.2) is 86.8 Å². The van der Waals surface area contributed by atoms with Gasteiger partial charge in [0.1, 0.15) is 4.90 Å². The van der Waals surface area contributed by atoms with E-state index in [-0.39, 0.29) is 59.6 Å². The number of sulfonamides is 1. The topological polar surface area (TPSA) is 138 Å². The summed E-state index contributed by atoms with van der Waals surface area (Å²) in [6, 6.07) is 8.47. The van der Waals surface area contributed by atoms with Gasteiger partial charge in [-0.1, -0.05) is 12.1 Å². The molecule has 3 amide bonds. The summed E-state index contributed by atoms with van der Waals surface area (Å²) < 4.78 is 47.5. The molecule has 196 valence electrons. The van der Waals surface area contributed by atoms with Crippen molar-refractivity contribution in [2.75, 3.05) is 52.7 Å². The smallest absolute Gasteiger partial charge is 0.319 e. The number of primary amides is 1. The van der Waals surface area contributed by atoms with Crippen LogP contribution in [0.5, 0.6) is 5.75 Å². The quantitative estimate of drug-likeness (QED) is 0.498. The number of nitrogens with two attached hydrogens (primary N) is 1. The summed E-state index contributed by atoms with van der Waals surface area (Å²) in [5.41, 5.74) is 6.36. The minimum Gasteiger partial charge on any atom is -0.494 e. The second kappa shape index (κ2) is 10.2. The number of ether oxygens (including phenoxy) is 1. The van der Waals surface area contributed by atoms with Crippen molar-refractivity contribution in [3.05, 3.63) is 54.0 Å². The highest BCUT2D eigenvalue weighted by Crippen LogP contribution is 2.34. The van der Waals surface area contributed by atoms with Crippen molar-refractivity contribution in [2.24, 2.45) is 5.73 Å². The number of carbonyl (C=O) groups is 2. The van der Waals surface area contributed by atoms with Crippen LogP contribution in [0, 0.1) is 5.82 Å². The zero-order valence-electron chi connectivity index (χ0n) is 20.6. The Morgan fingerprint density at radius 3 is 2.46 bits per heavy atom. The predicted octanol–water partition coefficient (Wildman–Crippen LogP) is 2.21. The average Bonchev–Trinajstić information content (AvgIpc) is 2.88. The number of anilines is 2. The SMILES string of the molecule is COc1cc(Nc2c(C(N)=O)cnc3c(S(=O)(=O)N4CCN(C(=O)N(C)C)CC4)cccc23)ccc1F. The van der Waals surface area contributed by atoms with Crippen molar-refractivity contribution >= 4 is 44.2 Å². The summed E-state index contributed by atoms with van der Waals surface area (Å²) >= 11 is 0. The second-order valence-electron chi connectivity index (χ2n) is 8.61. The summed E-state index contributed by atoms with van der Waals surface area (Å²) in [5, 5.41) is 3.38. The minimum atomic E-state index is -3.99. The molecule has 37 heavy (non-hydrogen) atoms. The second-order valence-corrected chi connectivity index (χ2v) is 10.5. The number of urea groups is 1. The Hall–Kier alpha value is -3.97. The number of nitrogens with zero attached hydrogens (tertiary/aromatic N) is 4. The first-order valence-electron chi connectivity index (χ1n) is 11.3. The molecular weight excluding hydrogens is 503 g/mol. The maximum absolute atomic E-state index is 13.9. The van der Waals surface area contributed by atoms with E-state index in [1.165, 1.54) is 46.8 Å². The number of fused-ring (bicyclic) bond motifs is 1. The van der Waals surface area contributed by atoms with Crippen LogP contribution in [0.15, 0.2) is 47.5 Å². The lowest BCUT2D eigenvalue weighted by Crippen LogP contribution is -2.52. The van der Waals surface area contributed by atoms with E-state index in [1.807, 2.05) is 0 Å². The molecule has 0 radical (unpaired) electrons. The van der Waals surface area contributed by atoms with E-state index >= 15 is 0 Å². The van der Waals surface area contributed by atoms with Crippen LogP contribution < -0.4 is 15.8 Å². The fourth-order valence-corrected chi connectivity index (χ4v) is 5.73. The zero-order chi connectivity index (χ0) is 26.9. The number of pyridine rings is 1. The number of aromatic nitrogens is 1. The Morgan fingerprint density at radius 1 is 1.14 bits per heavy atom. The third-order valence-electron chi connectivity index (χ3n) is 6.06. The van der Waals surface area contributed by atoms with Gasteiger partial charge < -0.3 is 25.6 Å². The van der Waals surface area contributed by atoms with Gasteiger partial charge in [-0.15, -0.1) is 0 Å². The van der Waals surface area contributed by atoms with Crippen molar-refractivity contribution in [1.82, 2.24) is 19.1 Å². The number of hydrogen-bond donors (Lipinski definition) is 2. The third-order valence-corrected chi connectivity index (χ3v) is 7.99. The molecule has 4 rings (SSSR count). The van der Waals surface area contributed by atoms with Gasteiger partial charge in [-0.25, -0.2) is 17.6 Å². The van der Waals surface area contributed by atoms with Crippen molar-refractivity contribution < 1.29 is 27.1 Å². The van der Waals surface area contributed by atoms with Gasteiger partial charge >= 0.3 is 6.03 Å². The lowest BCUT2D eigenvalue weighted by Gasteiger charge is -2.35. The molecule has 2 aromatic carbocycles. The van der Waals surface area contributed by atoms with Gasteiger partial charge in [0.15, 0.2) is 11.6 Å². The summed E-state index contributed by atoms with van der Waals surface area (Å²) in [7, 11) is 0.615. The maximum Gasteiger partial charge on any atom is 0.319 e. The molecule has 1 saturated heterocycles. The van der Waals surface area contributed by atoms with Crippen molar-refractivity contribution in [1.29, 1.82) is 0 Å². The fourth-order valence-electron chi connectivity index (χ4n) is 4.15. The Bertz CT molecular complexity index is 1470. The molecule has 0 atom stereocenters. The van der Waals surface area contributed by atoms with E-state index in [9.17, 15) is 22.4 Å². The van der Waals surface area contributed by atoms with E-state index in [2.05, 4.69) is 10.3 Å². The Kier molecular flexibility index (Phi) is 7.18. The minimum absolute atomic E-state index is 0.0147. The lowest BCUT2D eigenvalue weighted by atomic mass is 10.1. The van der Waals surface area contributed by atoms with E-state index < -0.39 is 21.7 Å². The molecule has 3 aromatic rings. The highest BCUT2D eigenvalue weighted by atomic mass is 32.2. The van der Waals surface area contributed by atoms with Crippen LogP contribution >= 0.6 is 0 Å². The third kappa shape index (κ3) is 5.00. The number of halogens is 1. The molecule has 3 N–H and O–H groups in total. The van der Waals surface area contributed by atoms with Crippen molar-refractivity contribution in [3.63, 3.8) is 0 Å². The molecule has 0 spiro atoms. The first-order chi connectivity index (χ1) is 17.5. The Labute approximate surface area is 213 Å². The molecule has 0 saturated carbocycles. The molecule has 13 heteroatoms. The Morgan fingerprint density at radius 2 is 1.84 bits per heavy atom. The van der Waals surface area contributed by atoms with Gasteiger partial charge in [0.05, 0.1) is 23.9 Å². The molecule has 1 aliphatic rings. The van der Waals surface area contributed by atoms with E-state index in [1.54, 1.807) is 31.1 Å². The predicted molar refractivity (Wildman–Crippen MR) is 136 cm³/mol. The number of nitrogens with one attached hydrogen (secondary N) is 1. The standard InChI is InChI=1S/C24H27FN6O5S/c1-29(2)24(33)30-9-11-31(12-10-30)37(34,35)20-6-4-5-16-21(17(23(26)32)14-27-22(16)20)28-15-7-8-18(25)19(13-15)36-3/h4-8,13-14H,9-12H2,1-3H3,(H2,26,32)(H,27,28). The van der Waals surface area contributed by atoms with Crippen LogP contribution in [0.3, 0.4) is 0 Å². The van der Waals surface area contributed by atoms with Crippen LogP contribution in [0.25, 0.3) is 10.9 Å². The molecular formula is C24H27FN6O5S. The largest absolute Gasteiger partial charge is 0.494 e. The molecule has 11 nitrogen and oxygen atoms in total. The maximum atomic E-state index is 13.9. The number of piperazine rings is 1. The first-order valence-corrected chi connectivity index (χ1v) is 12.8. The number of rotatable bonds is 6. The van der Waals surface area contributed by atoms with Gasteiger partial charge in [-0.05, 0) is 18.2 Å². The van der Waals surface area contributed by atoms with Gasteiger partial charge in [0.25, 0.3) is 5.91 Å². The first kappa shape index (κ1) is 26.1. The number of hydrogen-bond acceptors (Lipinski definition) is 7. The van der Waals surface area contributed by atoms with Crippen LogP contribution in [-0.2, 0) is 10.0 Å². The molecule has 0 bridgehead atoms. The average molecular weight is 531 g/mol. The van der Waals surface area contributed by atoms with Crippen LogP contribution in [0.1, 0.15) is 10.4 Å². The van der Waals surface area contributed by atoms with Gasteiger partial charge in [-0.2, -0.15) is 4.31 Å². The lowest BCUT2D eigenvalue weighted by molar-refractivity contribution is 0.100. The highest BCUT2D eigenvalue weighted by molar-refractivity contribution is 7.89. The summed E-state index contributed by atoms with van der Waals surface area (Å²) in [6.45, 7) is 0.745. The van der Waals surface area contributed by atoms with Gasteiger partial charge in [0, 0.05) is 63.6 Å². The number of amides is 3. The number of methoxy groups -OCH3 is 1. The van der Waals surface area contributed by atoms with Gasteiger partial charge in [-0.3, -0.25) is 9.78 Å². The number of benzene rings is 2. The van der Waals surface area contributed by atoms with Crippen molar-refractivity contribution in [2.45, 2.75) is 4.90 Å². The van der Waals surface area contributed by atoms with Crippen molar-refractivity contribution in [3.8, 4) is 5.75 Å². The highest BCUT2D eigenvalue weighted by Gasteiger charge is 2.32. The summed E-state index contributed by atoms with van der Waals surface area (Å²) in [6.07, 6.45) is 1.21. The molecule has 1 fully saturated rings. The van der Waals surface area contributed by atoms with E-state index in [0.717, 1.165) is 0 Å². The molecule has 0 aliphatic carbocycles. The van der Waals surface area contributed by atoms with Gasteiger partial charge in [0.2, 0.25) is 10.0 Å². The van der Waals surface area contributed by atoms with Crippen LogP contribution in [0.4, 0.5) is 20.6 Å². The molecule has 1 aliphatic heterocycles. The van der Waals surface area contributed by atoms with E-state index in [0.29, 0.717) is 11.1 Å². The molecule has 1 aromatic heterocycles. The molecule has 0 unspecified atom stereocenters. The Balaban J connectivity index is 1.75. The normalized spacial score (nSPS) is 14.4. The summed E-state index contributed by atoms with van der Waals surface area (Å²) in [4.78, 5) is 31.7. The van der Waals surface area contributed by atoms with Crippen LogP contribution in [0.2, 0.25) is 0 Å². The summed E-state index contributed by atoms with van der Waals surface area (Å²) in [5.74, 6) is -1.36. The zero-order valence-corrected chi connectivity index (χ0v) is 21.4. The monoisotopic (exact) mass is 530 g/mol. The number of para-hydroxylation sites is 1. The number of carbonyl (C=O) groups excluding carboxylic acids is 2. The fraction of sp³-hybridized carbons (Fsp3) is 0.292.